The second-order valence-electron chi connectivity index (χ2n) is 16.4. The Morgan fingerprint density at radius 2 is 1.45 bits per heavy atom. The second-order valence-corrected chi connectivity index (χ2v) is 16.4. The van der Waals surface area contributed by atoms with Crippen LogP contribution in [-0.4, -0.2) is 136 Å². The molecule has 12 heteroatoms. The summed E-state index contributed by atoms with van der Waals surface area (Å²) < 4.78 is 17.7. The Labute approximate surface area is 332 Å². The molecule has 0 saturated carbocycles. The minimum atomic E-state index is -0.749. The molecule has 1 aromatic rings. The maximum Gasteiger partial charge on any atom is 0.245 e. The van der Waals surface area contributed by atoms with Gasteiger partial charge in [-0.1, -0.05) is 91.6 Å². The third-order valence-corrected chi connectivity index (χ3v) is 12.1. The van der Waals surface area contributed by atoms with Crippen molar-refractivity contribution in [1.29, 1.82) is 0 Å². The number of ether oxygens (including phenoxy) is 3. The monoisotopic (exact) mass is 774 g/mol. The highest BCUT2D eigenvalue weighted by Crippen LogP contribution is 2.30. The first-order chi connectivity index (χ1) is 26.0. The standard InChI is InChI=1S/C43H75N5O7/c1-15-28(5)38(47(11)43(52)37(27(3)4)45-42(51)39(46(9)10)29(6)16-2)35(54-13)26-36(49)48-24-20-23-34(48)40(55-14)30(7)41(50)44-33(31(8)53-12)25-32-21-18-17-19-22-32/h17-19,21-22,27-31,33-35,37-40H,15-16,20,23-26H2,1-14H3,(H,44,50)(H,45,51)/t28-,29-,30+,31?,33?,34-,35+,37-,38-,39-,40+/m0/s1. The van der Waals surface area contributed by atoms with E-state index in [1.54, 1.807) is 33.3 Å². The summed E-state index contributed by atoms with van der Waals surface area (Å²) in [7, 11) is 10.3. The van der Waals surface area contributed by atoms with Crippen LogP contribution in [0.4, 0.5) is 0 Å². The molecule has 0 spiro atoms. The van der Waals surface area contributed by atoms with Crippen LogP contribution in [0.1, 0.15) is 93.1 Å². The van der Waals surface area contributed by atoms with Gasteiger partial charge in [0.15, 0.2) is 0 Å². The van der Waals surface area contributed by atoms with Gasteiger partial charge in [-0.15, -0.1) is 0 Å². The lowest BCUT2D eigenvalue weighted by Crippen LogP contribution is -2.60. The minimum Gasteiger partial charge on any atom is -0.380 e. The van der Waals surface area contributed by atoms with Crippen LogP contribution < -0.4 is 10.6 Å². The molecule has 1 aromatic carbocycles. The molecule has 2 N–H and O–H groups in total. The van der Waals surface area contributed by atoms with Gasteiger partial charge in [0.1, 0.15) is 6.04 Å². The summed E-state index contributed by atoms with van der Waals surface area (Å²) in [5.74, 6) is -1.26. The molecule has 314 valence electrons. The van der Waals surface area contributed by atoms with Crippen molar-refractivity contribution in [2.75, 3.05) is 49.0 Å². The summed E-state index contributed by atoms with van der Waals surface area (Å²) in [6, 6.07) is 7.89. The molecule has 1 aliphatic rings. The fourth-order valence-corrected chi connectivity index (χ4v) is 8.18. The van der Waals surface area contributed by atoms with Gasteiger partial charge in [-0.2, -0.15) is 0 Å². The van der Waals surface area contributed by atoms with Gasteiger partial charge in [-0.3, -0.25) is 24.1 Å². The van der Waals surface area contributed by atoms with Crippen LogP contribution in [-0.2, 0) is 39.8 Å². The lowest BCUT2D eigenvalue weighted by Gasteiger charge is -2.41. The number of likely N-dealkylation sites (tertiary alicyclic amines) is 1. The van der Waals surface area contributed by atoms with E-state index in [9.17, 15) is 19.2 Å². The lowest BCUT2D eigenvalue weighted by atomic mass is 9.89. The first-order valence-electron chi connectivity index (χ1n) is 20.4. The number of hydrogen-bond donors (Lipinski definition) is 2. The molecule has 1 aliphatic heterocycles. The van der Waals surface area contributed by atoms with E-state index in [1.807, 2.05) is 88.8 Å². The molecular formula is C43H75N5O7. The van der Waals surface area contributed by atoms with Crippen LogP contribution >= 0.6 is 0 Å². The summed E-state index contributed by atoms with van der Waals surface area (Å²) >= 11 is 0. The topological polar surface area (TPSA) is 130 Å². The maximum atomic E-state index is 14.3. The zero-order valence-corrected chi connectivity index (χ0v) is 36.5. The van der Waals surface area contributed by atoms with Crippen LogP contribution in [0.5, 0.6) is 0 Å². The van der Waals surface area contributed by atoms with Gasteiger partial charge >= 0.3 is 0 Å². The molecular weight excluding hydrogens is 699 g/mol. The van der Waals surface area contributed by atoms with E-state index >= 15 is 0 Å². The number of carbonyl (C=O) groups is 4. The molecule has 2 rings (SSSR count). The highest BCUT2D eigenvalue weighted by Gasteiger charge is 2.43. The van der Waals surface area contributed by atoms with E-state index in [-0.39, 0.29) is 72.0 Å². The summed E-state index contributed by atoms with van der Waals surface area (Å²) in [4.78, 5) is 61.4. The summed E-state index contributed by atoms with van der Waals surface area (Å²) in [5.41, 5.74) is 1.10. The predicted octanol–water partition coefficient (Wildman–Crippen LogP) is 4.79. The van der Waals surface area contributed by atoms with Crippen molar-refractivity contribution in [1.82, 2.24) is 25.3 Å². The summed E-state index contributed by atoms with van der Waals surface area (Å²) in [5, 5.41) is 6.30. The van der Waals surface area contributed by atoms with E-state index in [0.29, 0.717) is 19.4 Å². The number of methoxy groups -OCH3 is 3. The molecule has 0 aliphatic carbocycles. The van der Waals surface area contributed by atoms with E-state index in [4.69, 9.17) is 14.2 Å². The van der Waals surface area contributed by atoms with E-state index in [1.165, 1.54) is 0 Å². The Morgan fingerprint density at radius 1 is 0.836 bits per heavy atom. The molecule has 1 saturated heterocycles. The van der Waals surface area contributed by atoms with Gasteiger partial charge in [0.2, 0.25) is 23.6 Å². The minimum absolute atomic E-state index is 0.00649. The average molecular weight is 774 g/mol. The summed E-state index contributed by atoms with van der Waals surface area (Å²) in [6.45, 7) is 16.4. The van der Waals surface area contributed by atoms with Crippen molar-refractivity contribution in [3.8, 4) is 0 Å². The normalized spacial score (nSPS) is 20.1. The Morgan fingerprint density at radius 3 is 1.96 bits per heavy atom. The van der Waals surface area contributed by atoms with Crippen LogP contribution in [0.25, 0.3) is 0 Å². The predicted molar refractivity (Wildman–Crippen MR) is 218 cm³/mol. The number of carbonyl (C=O) groups excluding carboxylic acids is 4. The van der Waals surface area contributed by atoms with Crippen LogP contribution in [0, 0.1) is 23.7 Å². The van der Waals surface area contributed by atoms with E-state index in [2.05, 4.69) is 31.4 Å². The van der Waals surface area contributed by atoms with Crippen LogP contribution in [0.15, 0.2) is 30.3 Å². The number of rotatable bonds is 23. The molecule has 0 radical (unpaired) electrons. The number of amides is 4. The SMILES string of the molecule is CC[C@H](C)[C@@H]([C@@H](CC(=O)N1CCC[C@H]1[C@H](OC)[C@@H](C)C(=O)NC(Cc1ccccc1)C(C)OC)OC)N(C)C(=O)[C@@H](NC(=O)[C@H]([C@@H](C)CC)N(C)C)C(C)C. The number of benzene rings is 1. The Kier molecular flexibility index (Phi) is 20.3. The second kappa shape index (κ2) is 23.2. The molecule has 12 nitrogen and oxygen atoms in total. The molecule has 0 bridgehead atoms. The number of nitrogens with zero attached hydrogens (tertiary/aromatic N) is 3. The van der Waals surface area contributed by atoms with Gasteiger partial charge in [0, 0.05) is 34.9 Å². The van der Waals surface area contributed by atoms with E-state index in [0.717, 1.165) is 24.8 Å². The molecule has 11 atom stereocenters. The van der Waals surface area contributed by atoms with Crippen LogP contribution in [0.2, 0.25) is 0 Å². The van der Waals surface area contributed by atoms with Gasteiger partial charge < -0.3 is 34.6 Å². The highest BCUT2D eigenvalue weighted by atomic mass is 16.5. The van der Waals surface area contributed by atoms with Crippen molar-refractivity contribution < 1.29 is 33.4 Å². The Bertz CT molecular complexity index is 1330. The zero-order chi connectivity index (χ0) is 41.6. The van der Waals surface area contributed by atoms with Gasteiger partial charge in [-0.25, -0.2) is 0 Å². The smallest absolute Gasteiger partial charge is 0.245 e. The molecule has 0 aromatic heterocycles. The quantitative estimate of drug-likeness (QED) is 0.163. The molecule has 55 heavy (non-hydrogen) atoms. The first-order valence-corrected chi connectivity index (χ1v) is 20.4. The zero-order valence-electron chi connectivity index (χ0n) is 36.5. The van der Waals surface area contributed by atoms with E-state index < -0.39 is 30.2 Å². The molecule has 1 heterocycles. The largest absolute Gasteiger partial charge is 0.380 e. The number of nitrogens with one attached hydrogen (secondary N) is 2. The van der Waals surface area contributed by atoms with Gasteiger partial charge in [0.05, 0.1) is 54.8 Å². The Balaban J connectivity index is 2.29. The van der Waals surface area contributed by atoms with Gasteiger partial charge in [0.25, 0.3) is 0 Å². The molecule has 1 fully saturated rings. The third-order valence-electron chi connectivity index (χ3n) is 12.1. The number of likely N-dealkylation sites (N-methyl/N-ethyl adjacent to an activating group) is 2. The van der Waals surface area contributed by atoms with Crippen molar-refractivity contribution >= 4 is 23.6 Å². The van der Waals surface area contributed by atoms with Crippen LogP contribution in [0.3, 0.4) is 0 Å². The first kappa shape index (κ1) is 48.1. The van der Waals surface area contributed by atoms with Gasteiger partial charge in [-0.05, 0) is 63.6 Å². The molecule has 2 unspecified atom stereocenters. The Hall–Kier alpha value is -3.06. The van der Waals surface area contributed by atoms with Crippen molar-refractivity contribution in [3.05, 3.63) is 35.9 Å². The lowest BCUT2D eigenvalue weighted by molar-refractivity contribution is -0.148. The van der Waals surface area contributed by atoms with Crippen molar-refractivity contribution in [3.63, 3.8) is 0 Å². The van der Waals surface area contributed by atoms with Crippen molar-refractivity contribution in [2.24, 2.45) is 23.7 Å². The highest BCUT2D eigenvalue weighted by molar-refractivity contribution is 5.90. The number of hydrogen-bond acceptors (Lipinski definition) is 8. The summed E-state index contributed by atoms with van der Waals surface area (Å²) in [6.07, 6.45) is 2.38. The third kappa shape index (κ3) is 13.0. The molecule has 4 amide bonds. The fraction of sp³-hybridized carbons (Fsp3) is 0.767. The fourth-order valence-electron chi connectivity index (χ4n) is 8.18. The maximum absolute atomic E-state index is 14.3. The average Bonchev–Trinajstić information content (AvgIpc) is 3.65. The van der Waals surface area contributed by atoms with Crippen molar-refractivity contribution in [2.45, 2.75) is 142 Å².